The molecule has 0 unspecified atom stereocenters. The lowest BCUT2D eigenvalue weighted by atomic mass is 10.2. The first kappa shape index (κ1) is 17.4. The second kappa shape index (κ2) is 8.06. The molecule has 0 aliphatic carbocycles. The summed E-state index contributed by atoms with van der Waals surface area (Å²) in [6.45, 7) is 7.11. The zero-order chi connectivity index (χ0) is 16.0. The lowest BCUT2D eigenvalue weighted by Gasteiger charge is -2.35. The molecule has 6 heteroatoms. The summed E-state index contributed by atoms with van der Waals surface area (Å²) in [7, 11) is -3.16. The van der Waals surface area contributed by atoms with Gasteiger partial charge in [0.25, 0.3) is 0 Å². The Kier molecular flexibility index (Phi) is 6.37. The summed E-state index contributed by atoms with van der Waals surface area (Å²) in [5.74, 6) is 0.199. The van der Waals surface area contributed by atoms with E-state index in [0.717, 1.165) is 39.3 Å². The van der Waals surface area contributed by atoms with E-state index in [9.17, 15) is 13.5 Å². The van der Waals surface area contributed by atoms with Crippen LogP contribution in [0, 0.1) is 0 Å². The smallest absolute Gasteiger partial charge is 0.178 e. The van der Waals surface area contributed by atoms with Gasteiger partial charge in [-0.1, -0.05) is 18.2 Å². The van der Waals surface area contributed by atoms with Crippen molar-refractivity contribution in [2.75, 3.05) is 45.0 Å². The number of nitrogens with zero attached hydrogens (tertiary/aromatic N) is 2. The van der Waals surface area contributed by atoms with Gasteiger partial charge in [0.05, 0.1) is 16.8 Å². The van der Waals surface area contributed by atoms with Crippen LogP contribution in [0.5, 0.6) is 0 Å². The number of aliphatic hydroxyl groups excluding tert-OH is 1. The first-order valence-corrected chi connectivity index (χ1v) is 9.53. The zero-order valence-electron chi connectivity index (χ0n) is 13.2. The first-order chi connectivity index (χ1) is 10.5. The molecular weight excluding hydrogens is 300 g/mol. The molecule has 0 saturated carbocycles. The van der Waals surface area contributed by atoms with Gasteiger partial charge in [0.1, 0.15) is 0 Å². The van der Waals surface area contributed by atoms with E-state index < -0.39 is 9.84 Å². The van der Waals surface area contributed by atoms with Crippen molar-refractivity contribution in [2.24, 2.45) is 0 Å². The molecule has 1 aliphatic heterocycles. The average molecular weight is 326 g/mol. The highest BCUT2D eigenvalue weighted by atomic mass is 32.2. The second-order valence-corrected chi connectivity index (χ2v) is 8.09. The van der Waals surface area contributed by atoms with Crippen LogP contribution in [0.4, 0.5) is 0 Å². The number of β-amino-alcohol motifs (C(OH)–C–C–N with tert-alkyl or cyclic N) is 1. The molecule has 22 heavy (non-hydrogen) atoms. The molecule has 5 nitrogen and oxygen atoms in total. The van der Waals surface area contributed by atoms with Gasteiger partial charge < -0.3 is 10.0 Å². The van der Waals surface area contributed by atoms with Gasteiger partial charge in [-0.3, -0.25) is 4.90 Å². The van der Waals surface area contributed by atoms with Crippen LogP contribution in [0.15, 0.2) is 35.2 Å². The minimum Gasteiger partial charge on any atom is -0.392 e. The molecule has 1 heterocycles. The van der Waals surface area contributed by atoms with Gasteiger partial charge in [0.2, 0.25) is 0 Å². The van der Waals surface area contributed by atoms with E-state index in [2.05, 4.69) is 9.80 Å². The molecule has 0 amide bonds. The van der Waals surface area contributed by atoms with E-state index in [1.165, 1.54) is 0 Å². The first-order valence-electron chi connectivity index (χ1n) is 7.88. The maximum atomic E-state index is 12.2. The molecule has 2 rings (SSSR count). The monoisotopic (exact) mass is 326 g/mol. The Hall–Kier alpha value is -0.950. The predicted molar refractivity (Wildman–Crippen MR) is 87.7 cm³/mol. The van der Waals surface area contributed by atoms with Gasteiger partial charge in [-0.2, -0.15) is 0 Å². The number of hydrogen-bond acceptors (Lipinski definition) is 5. The van der Waals surface area contributed by atoms with Crippen molar-refractivity contribution in [2.45, 2.75) is 24.3 Å². The molecule has 0 bridgehead atoms. The minimum absolute atomic E-state index is 0.199. The van der Waals surface area contributed by atoms with Crippen molar-refractivity contribution in [1.29, 1.82) is 0 Å². The van der Waals surface area contributed by atoms with Crippen LogP contribution in [0.1, 0.15) is 13.3 Å². The van der Waals surface area contributed by atoms with Gasteiger partial charge >= 0.3 is 0 Å². The van der Waals surface area contributed by atoms with Gasteiger partial charge in [-0.05, 0) is 32.0 Å². The summed E-state index contributed by atoms with van der Waals surface area (Å²) in [6.07, 6.45) is 0.371. The fraction of sp³-hybridized carbons (Fsp3) is 0.625. The third-order valence-corrected chi connectivity index (χ3v) is 5.79. The van der Waals surface area contributed by atoms with Crippen molar-refractivity contribution >= 4 is 9.84 Å². The molecule has 1 fully saturated rings. The highest BCUT2D eigenvalue weighted by molar-refractivity contribution is 7.91. The summed E-state index contributed by atoms with van der Waals surface area (Å²) in [4.78, 5) is 4.97. The minimum atomic E-state index is -3.16. The fourth-order valence-corrected chi connectivity index (χ4v) is 4.11. The number of aliphatic hydroxyl groups is 1. The number of sulfone groups is 1. The summed E-state index contributed by atoms with van der Waals surface area (Å²) in [5, 5.41) is 9.39. The van der Waals surface area contributed by atoms with E-state index in [4.69, 9.17) is 0 Å². The van der Waals surface area contributed by atoms with Crippen molar-refractivity contribution in [1.82, 2.24) is 9.80 Å². The average Bonchev–Trinajstić information content (AvgIpc) is 2.49. The van der Waals surface area contributed by atoms with E-state index in [0.29, 0.717) is 11.3 Å². The quantitative estimate of drug-likeness (QED) is 0.805. The Bertz CT molecular complexity index is 538. The molecule has 1 N–H and O–H groups in total. The summed E-state index contributed by atoms with van der Waals surface area (Å²) in [5.41, 5.74) is 0. The van der Waals surface area contributed by atoms with Crippen molar-refractivity contribution in [3.63, 3.8) is 0 Å². The fourth-order valence-electron chi connectivity index (χ4n) is 2.79. The Labute approximate surface area is 133 Å². The van der Waals surface area contributed by atoms with Crippen LogP contribution >= 0.6 is 0 Å². The van der Waals surface area contributed by atoms with E-state index in [-0.39, 0.29) is 11.9 Å². The lowest BCUT2D eigenvalue weighted by molar-refractivity contribution is 0.0810. The third kappa shape index (κ3) is 5.35. The predicted octanol–water partition coefficient (Wildman–Crippen LogP) is 0.849. The van der Waals surface area contributed by atoms with Crippen LogP contribution in [0.25, 0.3) is 0 Å². The maximum absolute atomic E-state index is 12.2. The third-order valence-electron chi connectivity index (χ3n) is 3.98. The molecule has 1 atom stereocenters. The van der Waals surface area contributed by atoms with Crippen LogP contribution in [0.3, 0.4) is 0 Å². The SMILES string of the molecule is C[C@H](O)CN1CCN(CCCS(=O)(=O)c2ccccc2)CC1. The molecule has 0 spiro atoms. The molecule has 124 valence electrons. The van der Waals surface area contributed by atoms with Crippen molar-refractivity contribution < 1.29 is 13.5 Å². The molecule has 1 aliphatic rings. The highest BCUT2D eigenvalue weighted by Crippen LogP contribution is 2.12. The van der Waals surface area contributed by atoms with Crippen LogP contribution < -0.4 is 0 Å². The Morgan fingerprint density at radius 3 is 2.27 bits per heavy atom. The number of benzene rings is 1. The number of rotatable bonds is 7. The van der Waals surface area contributed by atoms with Crippen LogP contribution in [-0.2, 0) is 9.84 Å². The van der Waals surface area contributed by atoms with Gasteiger partial charge in [-0.15, -0.1) is 0 Å². The Balaban J connectivity index is 1.72. The Morgan fingerprint density at radius 2 is 1.68 bits per heavy atom. The lowest BCUT2D eigenvalue weighted by Crippen LogP contribution is -2.48. The van der Waals surface area contributed by atoms with Gasteiger partial charge in [0.15, 0.2) is 9.84 Å². The zero-order valence-corrected chi connectivity index (χ0v) is 14.0. The van der Waals surface area contributed by atoms with Crippen molar-refractivity contribution in [3.8, 4) is 0 Å². The maximum Gasteiger partial charge on any atom is 0.178 e. The molecule has 0 radical (unpaired) electrons. The highest BCUT2D eigenvalue weighted by Gasteiger charge is 2.19. The van der Waals surface area contributed by atoms with E-state index in [1.807, 2.05) is 6.07 Å². The molecule has 1 aromatic carbocycles. The number of hydrogen-bond donors (Lipinski definition) is 1. The second-order valence-electron chi connectivity index (χ2n) is 5.98. The van der Waals surface area contributed by atoms with Gasteiger partial charge in [-0.25, -0.2) is 8.42 Å². The summed E-state index contributed by atoms with van der Waals surface area (Å²) in [6, 6.07) is 8.66. The molecule has 0 aromatic heterocycles. The molecule has 1 aromatic rings. The van der Waals surface area contributed by atoms with Crippen molar-refractivity contribution in [3.05, 3.63) is 30.3 Å². The Morgan fingerprint density at radius 1 is 1.09 bits per heavy atom. The standard InChI is InChI=1S/C16H26N2O3S/c1-15(19)14-18-11-9-17(10-12-18)8-5-13-22(20,21)16-6-3-2-4-7-16/h2-4,6-7,15,19H,5,8-14H2,1H3/t15-/m0/s1. The van der Waals surface area contributed by atoms with Crippen LogP contribution in [0.2, 0.25) is 0 Å². The van der Waals surface area contributed by atoms with E-state index >= 15 is 0 Å². The molecule has 1 saturated heterocycles. The summed E-state index contributed by atoms with van der Waals surface area (Å²) < 4.78 is 24.4. The normalized spacial score (nSPS) is 19.2. The molecular formula is C16H26N2O3S. The van der Waals surface area contributed by atoms with Crippen LogP contribution in [-0.4, -0.2) is 74.4 Å². The number of piperazine rings is 1. The van der Waals surface area contributed by atoms with E-state index in [1.54, 1.807) is 31.2 Å². The van der Waals surface area contributed by atoms with Gasteiger partial charge in [0, 0.05) is 32.7 Å². The summed E-state index contributed by atoms with van der Waals surface area (Å²) >= 11 is 0. The topological polar surface area (TPSA) is 60.9 Å². The largest absolute Gasteiger partial charge is 0.392 e.